The van der Waals surface area contributed by atoms with Crippen molar-refractivity contribution in [2.24, 2.45) is 11.3 Å². The summed E-state index contributed by atoms with van der Waals surface area (Å²) in [5, 5.41) is 9.04. The van der Waals surface area contributed by atoms with Crippen molar-refractivity contribution >= 4 is 11.9 Å². The molecule has 0 spiro atoms. The molecule has 0 bridgehead atoms. The standard InChI is InChI=1S/C18H20F3NO3/c19-18(20,21)17(16(24)25)6-7-22(11-17)15(23)10-12-8-14(9-12)13-4-2-1-3-5-13/h1-5,12,14H,6-11H2,(H,24,25). The lowest BCUT2D eigenvalue weighted by Gasteiger charge is -2.36. The Hall–Kier alpha value is -2.05. The van der Waals surface area contributed by atoms with E-state index in [4.69, 9.17) is 5.11 Å². The summed E-state index contributed by atoms with van der Waals surface area (Å²) >= 11 is 0. The number of carbonyl (C=O) groups is 2. The topological polar surface area (TPSA) is 57.6 Å². The van der Waals surface area contributed by atoms with Crippen LogP contribution in [0.1, 0.15) is 37.2 Å². The van der Waals surface area contributed by atoms with Gasteiger partial charge in [0.1, 0.15) is 0 Å². The highest BCUT2D eigenvalue weighted by Crippen LogP contribution is 2.47. The zero-order chi connectivity index (χ0) is 18.2. The molecule has 1 saturated carbocycles. The van der Waals surface area contributed by atoms with E-state index in [1.54, 1.807) is 0 Å². The predicted octanol–water partition coefficient (Wildman–Crippen LogP) is 3.44. The number of aliphatic carboxylic acids is 1. The molecule has 0 radical (unpaired) electrons. The van der Waals surface area contributed by atoms with Crippen molar-refractivity contribution < 1.29 is 27.9 Å². The Morgan fingerprint density at radius 3 is 2.36 bits per heavy atom. The van der Waals surface area contributed by atoms with Crippen molar-refractivity contribution in [3.05, 3.63) is 35.9 Å². The first-order valence-corrected chi connectivity index (χ1v) is 8.36. The second kappa shape index (κ2) is 6.35. The molecule has 0 aromatic heterocycles. The lowest BCUT2D eigenvalue weighted by atomic mass is 9.70. The summed E-state index contributed by atoms with van der Waals surface area (Å²) < 4.78 is 39.5. The van der Waals surface area contributed by atoms with Crippen molar-refractivity contribution in [3.8, 4) is 0 Å². The molecule has 1 aromatic rings. The van der Waals surface area contributed by atoms with Crippen LogP contribution in [0.3, 0.4) is 0 Å². The highest BCUT2D eigenvalue weighted by molar-refractivity contribution is 5.81. The Morgan fingerprint density at radius 2 is 1.84 bits per heavy atom. The second-order valence-corrected chi connectivity index (χ2v) is 7.10. The molecule has 1 saturated heterocycles. The third kappa shape index (κ3) is 3.24. The third-order valence-corrected chi connectivity index (χ3v) is 5.54. The maximum Gasteiger partial charge on any atom is 0.406 e. The third-order valence-electron chi connectivity index (χ3n) is 5.54. The molecular weight excluding hydrogens is 335 g/mol. The molecule has 3 rings (SSSR count). The normalized spacial score (nSPS) is 29.3. The lowest BCUT2D eigenvalue weighted by molar-refractivity contribution is -0.227. The number of carbonyl (C=O) groups excluding carboxylic acids is 1. The van der Waals surface area contributed by atoms with E-state index < -0.39 is 30.5 Å². The number of amides is 1. The van der Waals surface area contributed by atoms with Crippen LogP contribution in [-0.2, 0) is 9.59 Å². The first-order valence-electron chi connectivity index (χ1n) is 8.36. The number of hydrogen-bond acceptors (Lipinski definition) is 2. The van der Waals surface area contributed by atoms with Crippen LogP contribution in [0.5, 0.6) is 0 Å². The number of carboxylic acid groups (broad SMARTS) is 1. The van der Waals surface area contributed by atoms with Gasteiger partial charge in [0.25, 0.3) is 0 Å². The number of hydrogen-bond donors (Lipinski definition) is 1. The average Bonchev–Trinajstić information content (AvgIpc) is 2.98. The van der Waals surface area contributed by atoms with Gasteiger partial charge in [-0.1, -0.05) is 30.3 Å². The van der Waals surface area contributed by atoms with Gasteiger partial charge in [-0.05, 0) is 36.7 Å². The molecule has 1 amide bonds. The second-order valence-electron chi connectivity index (χ2n) is 7.10. The van der Waals surface area contributed by atoms with Crippen LogP contribution in [0.15, 0.2) is 30.3 Å². The minimum absolute atomic E-state index is 0.153. The van der Waals surface area contributed by atoms with E-state index >= 15 is 0 Å². The minimum atomic E-state index is -4.86. The van der Waals surface area contributed by atoms with Crippen LogP contribution in [0.2, 0.25) is 0 Å². The zero-order valence-electron chi connectivity index (χ0n) is 13.6. The van der Waals surface area contributed by atoms with E-state index in [-0.39, 0.29) is 24.8 Å². The van der Waals surface area contributed by atoms with Gasteiger partial charge in [0.15, 0.2) is 5.41 Å². The molecule has 4 nitrogen and oxygen atoms in total. The van der Waals surface area contributed by atoms with Crippen molar-refractivity contribution in [1.29, 1.82) is 0 Å². The van der Waals surface area contributed by atoms with Crippen LogP contribution in [0.25, 0.3) is 0 Å². The molecule has 2 fully saturated rings. The fourth-order valence-electron chi connectivity index (χ4n) is 3.83. The molecule has 1 aliphatic heterocycles. The smallest absolute Gasteiger partial charge is 0.406 e. The summed E-state index contributed by atoms with van der Waals surface area (Å²) in [7, 11) is 0. The maximum atomic E-state index is 13.2. The Balaban J connectivity index is 1.55. The molecule has 1 aromatic carbocycles. The molecule has 7 heteroatoms. The molecule has 1 N–H and O–H groups in total. The maximum absolute atomic E-state index is 13.2. The Labute approximate surface area is 143 Å². The molecule has 25 heavy (non-hydrogen) atoms. The van der Waals surface area contributed by atoms with Gasteiger partial charge in [-0.15, -0.1) is 0 Å². The predicted molar refractivity (Wildman–Crippen MR) is 83.8 cm³/mol. The number of benzene rings is 1. The van der Waals surface area contributed by atoms with E-state index in [1.165, 1.54) is 5.56 Å². The van der Waals surface area contributed by atoms with Gasteiger partial charge >= 0.3 is 12.1 Å². The van der Waals surface area contributed by atoms with Crippen LogP contribution in [0, 0.1) is 11.3 Å². The Morgan fingerprint density at radius 1 is 1.20 bits per heavy atom. The van der Waals surface area contributed by atoms with Crippen LogP contribution in [-0.4, -0.2) is 41.1 Å². The average molecular weight is 355 g/mol. The highest BCUT2D eigenvalue weighted by atomic mass is 19.4. The van der Waals surface area contributed by atoms with E-state index in [2.05, 4.69) is 0 Å². The molecule has 1 atom stereocenters. The van der Waals surface area contributed by atoms with Crippen molar-refractivity contribution in [1.82, 2.24) is 4.90 Å². The van der Waals surface area contributed by atoms with Gasteiger partial charge < -0.3 is 10.0 Å². The first kappa shape index (κ1) is 17.8. The van der Waals surface area contributed by atoms with E-state index in [0.29, 0.717) is 5.92 Å². The van der Waals surface area contributed by atoms with Crippen molar-refractivity contribution in [3.63, 3.8) is 0 Å². The molecule has 2 aliphatic rings. The Bertz CT molecular complexity index is 655. The minimum Gasteiger partial charge on any atom is -0.481 e. The first-order chi connectivity index (χ1) is 11.7. The van der Waals surface area contributed by atoms with Gasteiger partial charge in [-0.3, -0.25) is 9.59 Å². The van der Waals surface area contributed by atoms with Gasteiger partial charge in [0.2, 0.25) is 5.91 Å². The summed E-state index contributed by atoms with van der Waals surface area (Å²) in [5.74, 6) is -1.72. The van der Waals surface area contributed by atoms with Crippen LogP contribution < -0.4 is 0 Å². The fraction of sp³-hybridized carbons (Fsp3) is 0.556. The molecule has 136 valence electrons. The summed E-state index contributed by atoms with van der Waals surface area (Å²) in [5.41, 5.74) is -1.61. The molecule has 1 heterocycles. The quantitative estimate of drug-likeness (QED) is 0.900. The van der Waals surface area contributed by atoms with E-state index in [0.717, 1.165) is 17.7 Å². The van der Waals surface area contributed by atoms with E-state index in [9.17, 15) is 22.8 Å². The van der Waals surface area contributed by atoms with Crippen LogP contribution in [0.4, 0.5) is 13.2 Å². The summed E-state index contributed by atoms with van der Waals surface area (Å²) in [6.45, 7) is -0.932. The van der Waals surface area contributed by atoms with E-state index in [1.807, 2.05) is 30.3 Å². The van der Waals surface area contributed by atoms with Crippen molar-refractivity contribution in [2.75, 3.05) is 13.1 Å². The van der Waals surface area contributed by atoms with Gasteiger partial charge in [0, 0.05) is 19.5 Å². The summed E-state index contributed by atoms with van der Waals surface area (Å²) in [4.78, 5) is 24.5. The largest absolute Gasteiger partial charge is 0.481 e. The van der Waals surface area contributed by atoms with Gasteiger partial charge in [-0.2, -0.15) is 13.2 Å². The SMILES string of the molecule is O=C(CC1CC(c2ccccc2)C1)N1CCC(C(=O)O)(C(F)(F)F)C1. The highest BCUT2D eigenvalue weighted by Gasteiger charge is 2.64. The van der Waals surface area contributed by atoms with Crippen molar-refractivity contribution in [2.45, 2.75) is 37.8 Å². The summed E-state index contributed by atoms with van der Waals surface area (Å²) in [6, 6.07) is 9.93. The lowest BCUT2D eigenvalue weighted by Crippen LogP contribution is -2.48. The number of nitrogens with zero attached hydrogens (tertiary/aromatic N) is 1. The number of halogens is 3. The van der Waals surface area contributed by atoms with Crippen LogP contribution >= 0.6 is 0 Å². The number of alkyl halides is 3. The Kier molecular flexibility index (Phi) is 4.51. The number of carboxylic acids is 1. The summed E-state index contributed by atoms with van der Waals surface area (Å²) in [6.07, 6.45) is -3.56. The molecule has 1 unspecified atom stereocenters. The number of likely N-dealkylation sites (tertiary alicyclic amines) is 1. The molecular formula is C18H20F3NO3. The van der Waals surface area contributed by atoms with Gasteiger partial charge in [0.05, 0.1) is 0 Å². The zero-order valence-corrected chi connectivity index (χ0v) is 13.6. The monoisotopic (exact) mass is 355 g/mol. The molecule has 1 aliphatic carbocycles. The fourth-order valence-corrected chi connectivity index (χ4v) is 3.83. The van der Waals surface area contributed by atoms with Gasteiger partial charge in [-0.25, -0.2) is 0 Å². The number of rotatable bonds is 4.